The number of ketones is 1. The summed E-state index contributed by atoms with van der Waals surface area (Å²) in [5.41, 5.74) is 0.841. The van der Waals surface area contributed by atoms with E-state index in [0.717, 1.165) is 0 Å². The molecule has 1 aliphatic heterocycles. The third-order valence-corrected chi connectivity index (χ3v) is 7.27. The molecule has 2 aromatic carbocycles. The van der Waals surface area contributed by atoms with E-state index in [1.54, 1.807) is 64.1 Å². The normalized spacial score (nSPS) is 16.2. The maximum absolute atomic E-state index is 13.6. The highest BCUT2D eigenvalue weighted by atomic mass is 16.6. The molecule has 3 atom stereocenters. The molecule has 228 valence electrons. The number of para-hydroxylation sites is 1. The van der Waals surface area contributed by atoms with E-state index in [-0.39, 0.29) is 28.9 Å². The van der Waals surface area contributed by atoms with Crippen LogP contribution in [0.3, 0.4) is 0 Å². The molecule has 2 heterocycles. The van der Waals surface area contributed by atoms with Crippen LogP contribution in [0.1, 0.15) is 61.6 Å². The van der Waals surface area contributed by atoms with Crippen molar-refractivity contribution in [3.63, 3.8) is 0 Å². The van der Waals surface area contributed by atoms with Crippen molar-refractivity contribution in [2.45, 2.75) is 58.7 Å². The number of hydrogen-bond acceptors (Lipinski definition) is 9. The van der Waals surface area contributed by atoms with Crippen LogP contribution < -0.4 is 15.4 Å². The minimum Gasteiger partial charge on any atom is -0.465 e. The highest BCUT2D eigenvalue weighted by molar-refractivity contribution is 6.02. The van der Waals surface area contributed by atoms with Gasteiger partial charge < -0.3 is 29.4 Å². The first kappa shape index (κ1) is 31.2. The number of nitrogens with one attached hydrogen (secondary N) is 2. The Labute approximate surface area is 249 Å². The lowest BCUT2D eigenvalue weighted by atomic mass is 9.98. The monoisotopic (exact) mass is 592 g/mol. The highest BCUT2D eigenvalue weighted by Crippen LogP contribution is 2.23. The summed E-state index contributed by atoms with van der Waals surface area (Å²) >= 11 is 0. The van der Waals surface area contributed by atoms with E-state index in [9.17, 15) is 24.0 Å². The summed E-state index contributed by atoms with van der Waals surface area (Å²) in [5, 5.41) is 5.44. The van der Waals surface area contributed by atoms with Crippen molar-refractivity contribution in [2.24, 2.45) is 11.8 Å². The van der Waals surface area contributed by atoms with E-state index >= 15 is 0 Å². The fourth-order valence-corrected chi connectivity index (χ4v) is 4.94. The van der Waals surface area contributed by atoms with Crippen LogP contribution in [0.5, 0.6) is 5.75 Å². The van der Waals surface area contributed by atoms with Gasteiger partial charge in [0, 0.05) is 6.54 Å². The van der Waals surface area contributed by atoms with Gasteiger partial charge in [0.1, 0.15) is 23.3 Å². The number of rotatable bonds is 10. The summed E-state index contributed by atoms with van der Waals surface area (Å²) in [6.45, 7) is 7.45. The van der Waals surface area contributed by atoms with Gasteiger partial charge in [0.2, 0.25) is 17.6 Å². The molecule has 2 N–H and O–H groups in total. The molecule has 0 bridgehead atoms. The fourth-order valence-electron chi connectivity index (χ4n) is 4.94. The molecule has 4 rings (SSSR count). The minimum absolute atomic E-state index is 0.212. The Hall–Kier alpha value is -4.74. The zero-order chi connectivity index (χ0) is 31.3. The Kier molecular flexibility index (Phi) is 9.79. The van der Waals surface area contributed by atoms with Gasteiger partial charge in [-0.2, -0.15) is 0 Å². The van der Waals surface area contributed by atoms with Crippen molar-refractivity contribution in [3.05, 3.63) is 60.0 Å². The average Bonchev–Trinajstić information content (AvgIpc) is 3.65. The van der Waals surface area contributed by atoms with Gasteiger partial charge in [-0.05, 0) is 55.0 Å². The predicted molar refractivity (Wildman–Crippen MR) is 155 cm³/mol. The number of amides is 3. The SMILES string of the molecule is COC(=O)c1ccc2nc(C(=O)[C@@H](NC(=O)[C@@H]3CCCN3C(=O)[C@@H](NC(=O)Oc3ccccc3)C(C)C)C(C)C)oc2c1. The zero-order valence-corrected chi connectivity index (χ0v) is 24.8. The van der Waals surface area contributed by atoms with Crippen LogP contribution >= 0.6 is 0 Å². The van der Waals surface area contributed by atoms with Crippen LogP contribution in [0.15, 0.2) is 52.9 Å². The maximum Gasteiger partial charge on any atom is 0.413 e. The van der Waals surface area contributed by atoms with Crippen molar-refractivity contribution in [1.82, 2.24) is 20.5 Å². The van der Waals surface area contributed by atoms with E-state index in [2.05, 4.69) is 15.6 Å². The third-order valence-electron chi connectivity index (χ3n) is 7.27. The van der Waals surface area contributed by atoms with Gasteiger partial charge in [-0.3, -0.25) is 14.4 Å². The number of nitrogens with zero attached hydrogens (tertiary/aromatic N) is 2. The number of carbonyl (C=O) groups is 5. The summed E-state index contributed by atoms with van der Waals surface area (Å²) < 4.78 is 15.7. The quantitative estimate of drug-likeness (QED) is 0.264. The molecule has 1 saturated heterocycles. The van der Waals surface area contributed by atoms with E-state index in [1.165, 1.54) is 24.1 Å². The average molecular weight is 593 g/mol. The number of fused-ring (bicyclic) bond motifs is 1. The standard InChI is InChI=1S/C31H36N4O8/c1-17(2)24(26(36)28-32-21-14-13-19(30(39)41-5)16-23(21)43-28)33-27(37)22-12-9-15-35(22)29(38)25(18(3)4)34-31(40)42-20-10-7-6-8-11-20/h6-8,10-11,13-14,16-18,22,24-25H,9,12,15H2,1-5H3,(H,33,37)(H,34,40)/t22-,24-,25-/m0/s1. The summed E-state index contributed by atoms with van der Waals surface area (Å²) in [6, 6.07) is 10.2. The van der Waals surface area contributed by atoms with Crippen molar-refractivity contribution >= 4 is 40.8 Å². The largest absolute Gasteiger partial charge is 0.465 e. The Morgan fingerprint density at radius 3 is 2.30 bits per heavy atom. The van der Waals surface area contributed by atoms with Gasteiger partial charge in [-0.1, -0.05) is 45.9 Å². The van der Waals surface area contributed by atoms with Crippen molar-refractivity contribution in [3.8, 4) is 5.75 Å². The number of methoxy groups -OCH3 is 1. The Morgan fingerprint density at radius 1 is 0.953 bits per heavy atom. The van der Waals surface area contributed by atoms with Gasteiger partial charge >= 0.3 is 12.1 Å². The van der Waals surface area contributed by atoms with Gasteiger partial charge in [0.05, 0.1) is 18.7 Å². The van der Waals surface area contributed by atoms with Gasteiger partial charge in [-0.15, -0.1) is 0 Å². The number of esters is 1. The molecule has 0 aliphatic carbocycles. The maximum atomic E-state index is 13.6. The molecule has 3 amide bonds. The first-order valence-corrected chi connectivity index (χ1v) is 14.2. The molecular formula is C31H36N4O8. The fraction of sp³-hybridized carbons (Fsp3) is 0.419. The molecule has 0 unspecified atom stereocenters. The second kappa shape index (κ2) is 13.5. The molecule has 0 spiro atoms. The van der Waals surface area contributed by atoms with E-state index in [4.69, 9.17) is 13.9 Å². The molecule has 12 nitrogen and oxygen atoms in total. The van der Waals surface area contributed by atoms with Crippen LogP contribution in [-0.4, -0.2) is 71.3 Å². The number of ether oxygens (including phenoxy) is 2. The molecule has 3 aromatic rings. The van der Waals surface area contributed by atoms with E-state index < -0.39 is 47.8 Å². The molecule has 12 heteroatoms. The van der Waals surface area contributed by atoms with Crippen molar-refractivity contribution < 1.29 is 37.9 Å². The minimum atomic E-state index is -0.988. The van der Waals surface area contributed by atoms with Crippen molar-refractivity contribution in [1.29, 1.82) is 0 Å². The zero-order valence-electron chi connectivity index (χ0n) is 24.8. The lowest BCUT2D eigenvalue weighted by Gasteiger charge is -2.31. The Morgan fingerprint density at radius 2 is 1.65 bits per heavy atom. The molecule has 0 saturated carbocycles. The van der Waals surface area contributed by atoms with Crippen molar-refractivity contribution in [2.75, 3.05) is 13.7 Å². The molecular weight excluding hydrogens is 556 g/mol. The number of likely N-dealkylation sites (tertiary alicyclic amines) is 1. The summed E-state index contributed by atoms with van der Waals surface area (Å²) in [6.07, 6.45) is 0.201. The summed E-state index contributed by atoms with van der Waals surface area (Å²) in [7, 11) is 1.26. The Bertz CT molecular complexity index is 1500. The lowest BCUT2D eigenvalue weighted by Crippen LogP contribution is -2.57. The Balaban J connectivity index is 1.47. The molecule has 1 aliphatic rings. The molecule has 1 aromatic heterocycles. The number of Topliss-reactive ketones (excluding diaryl/α,β-unsaturated/α-hetero) is 1. The number of aromatic nitrogens is 1. The predicted octanol–water partition coefficient (Wildman–Crippen LogP) is 3.74. The van der Waals surface area contributed by atoms with Crippen LogP contribution in [0, 0.1) is 11.8 Å². The van der Waals surface area contributed by atoms with Crippen LogP contribution in [0.25, 0.3) is 11.1 Å². The number of carbonyl (C=O) groups excluding carboxylic acids is 5. The van der Waals surface area contributed by atoms with Gasteiger partial charge in [0.25, 0.3) is 5.89 Å². The van der Waals surface area contributed by atoms with Crippen LogP contribution in [-0.2, 0) is 14.3 Å². The topological polar surface area (TPSA) is 157 Å². The van der Waals surface area contributed by atoms with Gasteiger partial charge in [-0.25, -0.2) is 14.6 Å². The van der Waals surface area contributed by atoms with Crippen LogP contribution in [0.2, 0.25) is 0 Å². The van der Waals surface area contributed by atoms with Crippen LogP contribution in [0.4, 0.5) is 4.79 Å². The number of hydrogen-bond donors (Lipinski definition) is 2. The van der Waals surface area contributed by atoms with Gasteiger partial charge in [0.15, 0.2) is 5.58 Å². The molecule has 43 heavy (non-hydrogen) atoms. The first-order chi connectivity index (χ1) is 20.5. The molecule has 1 fully saturated rings. The highest BCUT2D eigenvalue weighted by Gasteiger charge is 2.40. The second-order valence-electron chi connectivity index (χ2n) is 11.0. The number of oxazole rings is 1. The summed E-state index contributed by atoms with van der Waals surface area (Å²) in [4.78, 5) is 70.7. The first-order valence-electron chi connectivity index (χ1n) is 14.2. The smallest absolute Gasteiger partial charge is 0.413 e. The molecule has 0 radical (unpaired) electrons. The third kappa shape index (κ3) is 7.19. The van der Waals surface area contributed by atoms with E-state index in [0.29, 0.717) is 30.7 Å². The second-order valence-corrected chi connectivity index (χ2v) is 11.0. The number of benzene rings is 2. The summed E-state index contributed by atoms with van der Waals surface area (Å²) in [5.74, 6) is -2.50. The van der Waals surface area contributed by atoms with E-state index in [1.807, 2.05) is 0 Å². The lowest BCUT2D eigenvalue weighted by molar-refractivity contribution is -0.141.